The first kappa shape index (κ1) is 16.0. The lowest BCUT2D eigenvalue weighted by atomic mass is 9.95. The minimum Gasteiger partial charge on any atom is -0.388 e. The third kappa shape index (κ3) is 3.84. The number of sulfonamides is 1. The molecule has 0 aromatic heterocycles. The lowest BCUT2D eigenvalue weighted by molar-refractivity contribution is -0.0588. The second-order valence-corrected chi connectivity index (χ2v) is 7.32. The van der Waals surface area contributed by atoms with Crippen molar-refractivity contribution in [2.75, 3.05) is 19.8 Å². The monoisotopic (exact) mass is 339 g/mol. The van der Waals surface area contributed by atoms with Gasteiger partial charge in [0.25, 0.3) is 0 Å². The van der Waals surface area contributed by atoms with Crippen LogP contribution in [-0.2, 0) is 14.8 Å². The average molecular weight is 340 g/mol. The Kier molecular flexibility index (Phi) is 4.94. The van der Waals surface area contributed by atoms with E-state index in [1.54, 1.807) is 0 Å². The van der Waals surface area contributed by atoms with Crippen molar-refractivity contribution in [3.05, 3.63) is 28.2 Å². The summed E-state index contributed by atoms with van der Waals surface area (Å²) >= 11 is 11.6. The van der Waals surface area contributed by atoms with Gasteiger partial charge in [0, 0.05) is 32.6 Å². The van der Waals surface area contributed by atoms with Gasteiger partial charge in [-0.1, -0.05) is 23.2 Å². The van der Waals surface area contributed by atoms with Gasteiger partial charge in [-0.15, -0.1) is 0 Å². The maximum Gasteiger partial charge on any atom is 0.240 e. The van der Waals surface area contributed by atoms with Crippen molar-refractivity contribution in [3.63, 3.8) is 0 Å². The minimum absolute atomic E-state index is 0.0163. The van der Waals surface area contributed by atoms with Crippen LogP contribution in [0, 0.1) is 0 Å². The normalized spacial score (nSPS) is 18.9. The third-order valence-electron chi connectivity index (χ3n) is 3.22. The molecule has 1 aliphatic heterocycles. The van der Waals surface area contributed by atoms with Gasteiger partial charge in [-0.05, 0) is 18.2 Å². The molecule has 8 heteroatoms. The largest absolute Gasteiger partial charge is 0.388 e. The standard InChI is InChI=1S/C12H15Cl2NO4S/c13-10-2-1-9(7-11(10)14)20(17,18)15-8-12(16)3-5-19-6-4-12/h1-2,7,15-16H,3-6,8H2. The molecule has 0 unspecified atom stereocenters. The van der Waals surface area contributed by atoms with Crippen molar-refractivity contribution in [1.29, 1.82) is 0 Å². The Morgan fingerprint density at radius 1 is 1.25 bits per heavy atom. The fourth-order valence-electron chi connectivity index (χ4n) is 1.88. The molecule has 112 valence electrons. The first-order valence-electron chi connectivity index (χ1n) is 6.07. The Balaban J connectivity index is 2.09. The number of rotatable bonds is 4. The summed E-state index contributed by atoms with van der Waals surface area (Å²) in [7, 11) is -3.73. The maximum absolute atomic E-state index is 12.1. The van der Waals surface area contributed by atoms with Crippen LogP contribution in [0.4, 0.5) is 0 Å². The molecule has 5 nitrogen and oxygen atoms in total. The summed E-state index contributed by atoms with van der Waals surface area (Å²) in [5, 5.41) is 10.7. The van der Waals surface area contributed by atoms with Gasteiger partial charge in [0.1, 0.15) is 0 Å². The van der Waals surface area contributed by atoms with E-state index in [1.807, 2.05) is 0 Å². The van der Waals surface area contributed by atoms with Gasteiger partial charge in [-0.25, -0.2) is 13.1 Å². The highest BCUT2D eigenvalue weighted by atomic mass is 35.5. The topological polar surface area (TPSA) is 75.6 Å². The number of ether oxygens (including phenoxy) is 1. The van der Waals surface area contributed by atoms with Gasteiger partial charge in [-0.2, -0.15) is 0 Å². The second-order valence-electron chi connectivity index (χ2n) is 4.74. The van der Waals surface area contributed by atoms with Crippen molar-refractivity contribution >= 4 is 33.2 Å². The van der Waals surface area contributed by atoms with Crippen LogP contribution in [0.2, 0.25) is 10.0 Å². The van der Waals surface area contributed by atoms with E-state index in [0.717, 1.165) is 0 Å². The zero-order valence-corrected chi connectivity index (χ0v) is 12.9. The zero-order valence-electron chi connectivity index (χ0n) is 10.6. The molecule has 0 atom stereocenters. The molecular formula is C12H15Cl2NO4S. The minimum atomic E-state index is -3.73. The second kappa shape index (κ2) is 6.17. The van der Waals surface area contributed by atoms with Crippen LogP contribution in [0.25, 0.3) is 0 Å². The maximum atomic E-state index is 12.1. The highest BCUT2D eigenvalue weighted by Gasteiger charge is 2.31. The van der Waals surface area contributed by atoms with Crippen molar-refractivity contribution in [1.82, 2.24) is 4.72 Å². The summed E-state index contributed by atoms with van der Waals surface area (Å²) < 4.78 is 31.8. The van der Waals surface area contributed by atoms with Gasteiger partial charge in [0.2, 0.25) is 10.0 Å². The van der Waals surface area contributed by atoms with E-state index in [0.29, 0.717) is 26.1 Å². The number of benzene rings is 1. The fourth-order valence-corrected chi connectivity index (χ4v) is 3.39. The van der Waals surface area contributed by atoms with Gasteiger partial charge in [0.05, 0.1) is 20.5 Å². The summed E-state index contributed by atoms with van der Waals surface area (Å²) in [6.45, 7) is 0.787. The zero-order chi connectivity index (χ0) is 14.8. The lowest BCUT2D eigenvalue weighted by Crippen LogP contribution is -2.46. The van der Waals surface area contributed by atoms with E-state index >= 15 is 0 Å². The van der Waals surface area contributed by atoms with Crippen molar-refractivity contribution in [3.8, 4) is 0 Å². The molecular weight excluding hydrogens is 325 g/mol. The molecule has 1 aromatic carbocycles. The van der Waals surface area contributed by atoms with Crippen LogP contribution >= 0.6 is 23.2 Å². The quantitative estimate of drug-likeness (QED) is 0.877. The molecule has 0 saturated carbocycles. The van der Waals surface area contributed by atoms with E-state index in [2.05, 4.69) is 4.72 Å². The molecule has 1 saturated heterocycles. The Labute approximate surface area is 127 Å². The lowest BCUT2D eigenvalue weighted by Gasteiger charge is -2.31. The molecule has 1 fully saturated rings. The van der Waals surface area contributed by atoms with Gasteiger partial charge < -0.3 is 9.84 Å². The SMILES string of the molecule is O=S(=O)(NCC1(O)CCOCC1)c1ccc(Cl)c(Cl)c1. The summed E-state index contributed by atoms with van der Waals surface area (Å²) in [5.74, 6) is 0. The Bertz CT molecular complexity index is 585. The van der Waals surface area contributed by atoms with Crippen LogP contribution in [0.15, 0.2) is 23.1 Å². The molecule has 0 aliphatic carbocycles. The average Bonchev–Trinajstić information content (AvgIpc) is 2.41. The van der Waals surface area contributed by atoms with E-state index in [-0.39, 0.29) is 21.5 Å². The molecule has 0 bridgehead atoms. The van der Waals surface area contributed by atoms with Crippen molar-refractivity contribution in [2.45, 2.75) is 23.3 Å². The van der Waals surface area contributed by atoms with Crippen molar-refractivity contribution < 1.29 is 18.3 Å². The summed E-state index contributed by atoms with van der Waals surface area (Å²) in [4.78, 5) is 0.0163. The predicted molar refractivity (Wildman–Crippen MR) is 76.7 cm³/mol. The van der Waals surface area contributed by atoms with Crippen molar-refractivity contribution in [2.24, 2.45) is 0 Å². The fraction of sp³-hybridized carbons (Fsp3) is 0.500. The summed E-state index contributed by atoms with van der Waals surface area (Å²) in [5.41, 5.74) is -1.07. The first-order chi connectivity index (χ1) is 9.32. The van der Waals surface area contributed by atoms with E-state index < -0.39 is 15.6 Å². The van der Waals surface area contributed by atoms with Crippen LogP contribution in [0.1, 0.15) is 12.8 Å². The number of hydrogen-bond donors (Lipinski definition) is 2. The number of aliphatic hydroxyl groups is 1. The van der Waals surface area contributed by atoms with E-state index in [1.165, 1.54) is 18.2 Å². The van der Waals surface area contributed by atoms with Crippen LogP contribution in [0.5, 0.6) is 0 Å². The molecule has 2 N–H and O–H groups in total. The molecule has 20 heavy (non-hydrogen) atoms. The van der Waals surface area contributed by atoms with E-state index in [9.17, 15) is 13.5 Å². The molecule has 0 amide bonds. The van der Waals surface area contributed by atoms with Gasteiger partial charge in [-0.3, -0.25) is 0 Å². The Morgan fingerprint density at radius 2 is 1.90 bits per heavy atom. The highest BCUT2D eigenvalue weighted by molar-refractivity contribution is 7.89. The smallest absolute Gasteiger partial charge is 0.240 e. The van der Waals surface area contributed by atoms with Gasteiger partial charge in [0.15, 0.2) is 0 Å². The summed E-state index contributed by atoms with van der Waals surface area (Å²) in [6, 6.07) is 4.06. The third-order valence-corrected chi connectivity index (χ3v) is 5.35. The molecule has 2 rings (SSSR count). The summed E-state index contributed by atoms with van der Waals surface area (Å²) in [6.07, 6.45) is 0.799. The number of nitrogens with one attached hydrogen (secondary N) is 1. The Hall–Kier alpha value is -0.370. The van der Waals surface area contributed by atoms with Crippen LogP contribution in [0.3, 0.4) is 0 Å². The van der Waals surface area contributed by atoms with Crippen LogP contribution in [-0.4, -0.2) is 38.9 Å². The molecule has 1 aromatic rings. The number of halogens is 2. The highest BCUT2D eigenvalue weighted by Crippen LogP contribution is 2.25. The van der Waals surface area contributed by atoms with E-state index in [4.69, 9.17) is 27.9 Å². The Morgan fingerprint density at radius 3 is 2.50 bits per heavy atom. The molecule has 0 radical (unpaired) electrons. The molecule has 0 spiro atoms. The van der Waals surface area contributed by atoms with Crippen LogP contribution < -0.4 is 4.72 Å². The predicted octanol–water partition coefficient (Wildman–Crippen LogP) is 1.81. The van der Waals surface area contributed by atoms with Gasteiger partial charge >= 0.3 is 0 Å². The number of hydrogen-bond acceptors (Lipinski definition) is 4. The first-order valence-corrected chi connectivity index (χ1v) is 8.31. The molecule has 1 heterocycles. The molecule has 1 aliphatic rings.